The van der Waals surface area contributed by atoms with Gasteiger partial charge in [-0.3, -0.25) is 4.90 Å². The van der Waals surface area contributed by atoms with Gasteiger partial charge in [0.1, 0.15) is 0 Å². The topological polar surface area (TPSA) is 117 Å². The Bertz CT molecular complexity index is 741. The average Bonchev–Trinajstić information content (AvgIpc) is 3.19. The van der Waals surface area contributed by atoms with Crippen LogP contribution < -0.4 is 5.32 Å². The quantitative estimate of drug-likeness (QED) is 0.249. The third kappa shape index (κ3) is 12.2. The lowest BCUT2D eigenvalue weighted by Crippen LogP contribution is -2.53. The second-order valence-electron chi connectivity index (χ2n) is 8.33. The number of likely N-dealkylation sites (tertiary alicyclic amines) is 1. The molecule has 2 rings (SSSR count). The zero-order valence-electron chi connectivity index (χ0n) is 20.3. The molecule has 12 heteroatoms. The highest BCUT2D eigenvalue weighted by Crippen LogP contribution is 2.17. The summed E-state index contributed by atoms with van der Waals surface area (Å²) in [5.74, 6) is 0. The van der Waals surface area contributed by atoms with Crippen LogP contribution in [0.5, 0.6) is 0 Å². The largest absolute Gasteiger partial charge is 0.378 e. The van der Waals surface area contributed by atoms with Gasteiger partial charge in [-0.15, -0.1) is 5.10 Å². The van der Waals surface area contributed by atoms with Crippen LogP contribution in [-0.2, 0) is 41.9 Å². The Morgan fingerprint density at radius 2 is 1.61 bits per heavy atom. The first-order valence-electron chi connectivity index (χ1n) is 11.7. The van der Waals surface area contributed by atoms with Gasteiger partial charge in [0.25, 0.3) is 0 Å². The highest BCUT2D eigenvalue weighted by atomic mass is 32.2. The number of hydrogen-bond acceptors (Lipinski definition) is 10. The first kappa shape index (κ1) is 28.1. The minimum absolute atomic E-state index is 0.254. The Morgan fingerprint density at radius 1 is 1.03 bits per heavy atom. The van der Waals surface area contributed by atoms with Gasteiger partial charge in [-0.2, -0.15) is 0 Å². The molecule has 1 unspecified atom stereocenters. The highest BCUT2D eigenvalue weighted by molar-refractivity contribution is 7.91. The van der Waals surface area contributed by atoms with E-state index in [4.69, 9.17) is 18.9 Å². The lowest BCUT2D eigenvalue weighted by Gasteiger charge is -2.37. The summed E-state index contributed by atoms with van der Waals surface area (Å²) in [6.45, 7) is 12.0. The van der Waals surface area contributed by atoms with Crippen LogP contribution >= 0.6 is 0 Å². The zero-order chi connectivity index (χ0) is 23.9. The maximum absolute atomic E-state index is 11.5. The van der Waals surface area contributed by atoms with Gasteiger partial charge in [-0.25, -0.2) is 13.1 Å². The molecule has 1 saturated heterocycles. The number of rotatable bonds is 20. The zero-order valence-corrected chi connectivity index (χ0v) is 21.1. The van der Waals surface area contributed by atoms with E-state index in [-0.39, 0.29) is 5.25 Å². The van der Waals surface area contributed by atoms with Gasteiger partial charge in [0.15, 0.2) is 9.84 Å². The van der Waals surface area contributed by atoms with Crippen molar-refractivity contribution in [2.75, 3.05) is 78.7 Å². The van der Waals surface area contributed by atoms with E-state index < -0.39 is 9.84 Å². The normalized spacial score (nSPS) is 16.2. The molecule has 0 saturated carbocycles. The van der Waals surface area contributed by atoms with Crippen LogP contribution in [0.1, 0.15) is 26.0 Å². The summed E-state index contributed by atoms with van der Waals surface area (Å²) in [5.41, 5.74) is 0.832. The molecule has 0 spiro atoms. The van der Waals surface area contributed by atoms with Crippen molar-refractivity contribution in [1.82, 2.24) is 25.2 Å². The number of ether oxygens (including phenoxy) is 4. The molecular weight excluding hydrogens is 450 g/mol. The van der Waals surface area contributed by atoms with Gasteiger partial charge >= 0.3 is 0 Å². The number of aromatic nitrogens is 3. The molecule has 1 atom stereocenters. The van der Waals surface area contributed by atoms with Crippen molar-refractivity contribution < 1.29 is 27.4 Å². The fourth-order valence-electron chi connectivity index (χ4n) is 3.11. The van der Waals surface area contributed by atoms with Crippen molar-refractivity contribution in [3.63, 3.8) is 0 Å². The molecule has 0 aliphatic carbocycles. The van der Waals surface area contributed by atoms with E-state index in [1.54, 1.807) is 4.68 Å². The fourth-order valence-corrected chi connectivity index (χ4v) is 4.08. The number of nitrogens with one attached hydrogen (secondary N) is 1. The molecule has 1 aliphatic heterocycles. The van der Waals surface area contributed by atoms with E-state index in [1.165, 1.54) is 6.26 Å². The van der Waals surface area contributed by atoms with Gasteiger partial charge in [0.2, 0.25) is 0 Å². The smallest absolute Gasteiger partial charge is 0.152 e. The van der Waals surface area contributed by atoms with Gasteiger partial charge in [-0.05, 0) is 13.3 Å². The molecule has 33 heavy (non-hydrogen) atoms. The van der Waals surface area contributed by atoms with E-state index in [2.05, 4.69) is 34.4 Å². The van der Waals surface area contributed by atoms with Gasteiger partial charge < -0.3 is 24.3 Å². The Morgan fingerprint density at radius 3 is 2.18 bits per heavy atom. The maximum atomic E-state index is 11.5. The Hall–Kier alpha value is -1.15. The monoisotopic (exact) mass is 491 g/mol. The second-order valence-corrected chi connectivity index (χ2v) is 10.7. The van der Waals surface area contributed by atoms with Crippen molar-refractivity contribution in [3.8, 4) is 0 Å². The maximum Gasteiger partial charge on any atom is 0.152 e. The van der Waals surface area contributed by atoms with E-state index in [1.807, 2.05) is 6.20 Å². The van der Waals surface area contributed by atoms with E-state index in [0.29, 0.717) is 85.1 Å². The highest BCUT2D eigenvalue weighted by Gasteiger charge is 2.34. The molecule has 0 radical (unpaired) electrons. The van der Waals surface area contributed by atoms with Crippen molar-refractivity contribution in [3.05, 3.63) is 11.9 Å². The molecular formula is C21H41N5O6S. The lowest BCUT2D eigenvalue weighted by molar-refractivity contribution is -0.00255. The Kier molecular flexibility index (Phi) is 13.4. The molecule has 1 aliphatic rings. The Balaban J connectivity index is 1.34. The minimum Gasteiger partial charge on any atom is -0.378 e. The molecule has 11 nitrogen and oxygen atoms in total. The lowest BCUT2D eigenvalue weighted by atomic mass is 10.2. The summed E-state index contributed by atoms with van der Waals surface area (Å²) < 4.78 is 46.7. The van der Waals surface area contributed by atoms with Crippen molar-refractivity contribution >= 4 is 9.84 Å². The van der Waals surface area contributed by atoms with Crippen molar-refractivity contribution in [2.45, 2.75) is 44.6 Å². The second kappa shape index (κ2) is 15.7. The predicted octanol–water partition coefficient (Wildman–Crippen LogP) is -0.0386. The number of nitrogens with zero attached hydrogens (tertiary/aromatic N) is 4. The van der Waals surface area contributed by atoms with Crippen LogP contribution in [0, 0.1) is 0 Å². The van der Waals surface area contributed by atoms with Crippen LogP contribution in [0.15, 0.2) is 6.20 Å². The first-order valence-corrected chi connectivity index (χ1v) is 13.7. The van der Waals surface area contributed by atoms with Gasteiger partial charge in [0, 0.05) is 44.7 Å². The van der Waals surface area contributed by atoms with Crippen LogP contribution in [-0.4, -0.2) is 118 Å². The third-order valence-corrected chi connectivity index (χ3v) is 6.94. The van der Waals surface area contributed by atoms with Crippen LogP contribution in [0.4, 0.5) is 0 Å². The summed E-state index contributed by atoms with van der Waals surface area (Å²) in [6, 6.07) is 0.529. The van der Waals surface area contributed by atoms with E-state index in [9.17, 15) is 8.42 Å². The number of hydrogen-bond donors (Lipinski definition) is 1. The van der Waals surface area contributed by atoms with Crippen LogP contribution in [0.2, 0.25) is 0 Å². The SMILES string of the molecule is CCC(C)NCCOCCOCCOCCOCCn1cc(CN2CC(S(C)(=O)=O)C2)nn1. The first-order chi connectivity index (χ1) is 15.9. The summed E-state index contributed by atoms with van der Waals surface area (Å²) >= 11 is 0. The standard InChI is InChI=1S/C21H41N5O6S/c1-4-19(2)22-5-7-29-9-11-31-13-14-32-12-10-30-8-6-26-16-20(23-24-26)15-25-17-21(18-25)33(3,27)28/h16,19,21-22H,4-15,17-18H2,1-3H3. The Labute approximate surface area is 198 Å². The minimum atomic E-state index is -2.94. The molecule has 2 heterocycles. The fraction of sp³-hybridized carbons (Fsp3) is 0.905. The van der Waals surface area contributed by atoms with Crippen molar-refractivity contribution in [2.24, 2.45) is 0 Å². The molecule has 0 amide bonds. The molecule has 1 aromatic rings. The summed E-state index contributed by atoms with van der Waals surface area (Å²) in [7, 11) is -2.94. The summed E-state index contributed by atoms with van der Waals surface area (Å²) in [4.78, 5) is 2.05. The summed E-state index contributed by atoms with van der Waals surface area (Å²) in [5, 5.41) is 11.3. The molecule has 1 fully saturated rings. The average molecular weight is 492 g/mol. The van der Waals surface area contributed by atoms with Crippen LogP contribution in [0.25, 0.3) is 0 Å². The van der Waals surface area contributed by atoms with Gasteiger partial charge in [0.05, 0.1) is 70.3 Å². The van der Waals surface area contributed by atoms with Crippen LogP contribution in [0.3, 0.4) is 0 Å². The predicted molar refractivity (Wildman–Crippen MR) is 125 cm³/mol. The van der Waals surface area contributed by atoms with E-state index in [0.717, 1.165) is 18.7 Å². The van der Waals surface area contributed by atoms with Gasteiger partial charge in [-0.1, -0.05) is 12.1 Å². The van der Waals surface area contributed by atoms with Crippen molar-refractivity contribution in [1.29, 1.82) is 0 Å². The molecule has 0 aromatic carbocycles. The molecule has 192 valence electrons. The van der Waals surface area contributed by atoms with E-state index >= 15 is 0 Å². The molecule has 0 bridgehead atoms. The third-order valence-electron chi connectivity index (χ3n) is 5.43. The summed E-state index contributed by atoms with van der Waals surface area (Å²) in [6.07, 6.45) is 4.28. The molecule has 1 N–H and O–H groups in total. The number of sulfone groups is 1. The molecule has 1 aromatic heterocycles.